The Bertz CT molecular complexity index is 642. The van der Waals surface area contributed by atoms with Crippen LogP contribution in [0.4, 0.5) is 4.79 Å². The first kappa shape index (κ1) is 16.4. The Kier molecular flexibility index (Phi) is 4.53. The highest BCUT2D eigenvalue weighted by Gasteiger charge is 2.49. The summed E-state index contributed by atoms with van der Waals surface area (Å²) in [7, 11) is 0. The topological polar surface area (TPSA) is 87.7 Å². The minimum Gasteiger partial charge on any atom is -0.376 e. The van der Waals surface area contributed by atoms with E-state index < -0.39 is 17.5 Å². The Morgan fingerprint density at radius 3 is 2.79 bits per heavy atom. The minimum absolute atomic E-state index is 0.0200. The number of hydrogen-bond donors (Lipinski definition) is 2. The number of ether oxygens (including phenoxy) is 1. The van der Waals surface area contributed by atoms with E-state index in [1.807, 2.05) is 6.07 Å². The molecule has 1 aromatic carbocycles. The molecule has 128 valence electrons. The number of carbonyl (C=O) groups excluding carboxylic acids is 3. The van der Waals surface area contributed by atoms with Gasteiger partial charge in [0, 0.05) is 13.2 Å². The molecule has 3 rings (SSSR count). The third-order valence-electron chi connectivity index (χ3n) is 4.48. The van der Waals surface area contributed by atoms with Gasteiger partial charge in [0.25, 0.3) is 5.91 Å². The highest BCUT2D eigenvalue weighted by atomic mass is 16.5. The number of hydrogen-bond acceptors (Lipinski definition) is 4. The summed E-state index contributed by atoms with van der Waals surface area (Å²) >= 11 is 0. The largest absolute Gasteiger partial charge is 0.376 e. The van der Waals surface area contributed by atoms with Crippen LogP contribution in [0.1, 0.15) is 25.3 Å². The molecule has 24 heavy (non-hydrogen) atoms. The van der Waals surface area contributed by atoms with E-state index >= 15 is 0 Å². The van der Waals surface area contributed by atoms with Crippen LogP contribution in [0.2, 0.25) is 0 Å². The summed E-state index contributed by atoms with van der Waals surface area (Å²) in [6.45, 7) is 2.47. The van der Waals surface area contributed by atoms with Crippen molar-refractivity contribution in [2.24, 2.45) is 0 Å². The molecule has 7 nitrogen and oxygen atoms in total. The summed E-state index contributed by atoms with van der Waals surface area (Å²) in [5.74, 6) is -0.794. The molecule has 2 heterocycles. The van der Waals surface area contributed by atoms with Crippen LogP contribution in [0.25, 0.3) is 0 Å². The van der Waals surface area contributed by atoms with Crippen LogP contribution in [0.5, 0.6) is 0 Å². The molecule has 2 atom stereocenters. The maximum Gasteiger partial charge on any atom is 0.325 e. The van der Waals surface area contributed by atoms with Crippen LogP contribution < -0.4 is 10.6 Å². The third kappa shape index (κ3) is 3.12. The Morgan fingerprint density at radius 1 is 1.38 bits per heavy atom. The van der Waals surface area contributed by atoms with Crippen molar-refractivity contribution >= 4 is 17.8 Å². The van der Waals surface area contributed by atoms with Crippen molar-refractivity contribution in [1.82, 2.24) is 15.5 Å². The number of imide groups is 1. The molecule has 4 amide bonds. The summed E-state index contributed by atoms with van der Waals surface area (Å²) in [5.41, 5.74) is -0.460. The van der Waals surface area contributed by atoms with Gasteiger partial charge >= 0.3 is 6.03 Å². The molecule has 0 bridgehead atoms. The molecular formula is C17H21N3O4. The third-order valence-corrected chi connectivity index (χ3v) is 4.48. The number of rotatable bonds is 5. The monoisotopic (exact) mass is 331 g/mol. The Hall–Kier alpha value is -2.41. The van der Waals surface area contributed by atoms with Gasteiger partial charge in [-0.25, -0.2) is 4.79 Å². The SMILES string of the molecule is C[C@]1(c2ccccc2)NC(=O)N(CC(=O)NC[C@@H]2CCCO2)C1=O. The van der Waals surface area contributed by atoms with Gasteiger partial charge in [0.15, 0.2) is 0 Å². The fraction of sp³-hybridized carbons (Fsp3) is 0.471. The molecule has 0 spiro atoms. The standard InChI is InChI=1S/C17H21N3O4/c1-17(12-6-3-2-4-7-12)15(22)20(16(23)19-17)11-14(21)18-10-13-8-5-9-24-13/h2-4,6-7,13H,5,8-11H2,1H3,(H,18,21)(H,19,23)/t13-,17+/m0/s1. The molecule has 0 aliphatic carbocycles. The average molecular weight is 331 g/mol. The lowest BCUT2D eigenvalue weighted by Crippen LogP contribution is -2.44. The smallest absolute Gasteiger partial charge is 0.325 e. The fourth-order valence-electron chi connectivity index (χ4n) is 3.04. The summed E-state index contributed by atoms with van der Waals surface area (Å²) in [6.07, 6.45) is 1.92. The highest BCUT2D eigenvalue weighted by molar-refractivity contribution is 6.09. The second-order valence-electron chi connectivity index (χ2n) is 6.25. The number of nitrogens with zero attached hydrogens (tertiary/aromatic N) is 1. The van der Waals surface area contributed by atoms with E-state index in [0.29, 0.717) is 18.7 Å². The fourth-order valence-corrected chi connectivity index (χ4v) is 3.04. The van der Waals surface area contributed by atoms with Crippen molar-refractivity contribution in [1.29, 1.82) is 0 Å². The predicted molar refractivity (Wildman–Crippen MR) is 86.0 cm³/mol. The molecule has 2 saturated heterocycles. The Balaban J connectivity index is 1.63. The van der Waals surface area contributed by atoms with Gasteiger partial charge < -0.3 is 15.4 Å². The van der Waals surface area contributed by atoms with E-state index in [1.165, 1.54) is 0 Å². The number of urea groups is 1. The van der Waals surface area contributed by atoms with Crippen molar-refractivity contribution in [3.05, 3.63) is 35.9 Å². The molecule has 2 fully saturated rings. The maximum atomic E-state index is 12.7. The molecule has 2 aliphatic heterocycles. The molecule has 0 radical (unpaired) electrons. The van der Waals surface area contributed by atoms with Crippen LogP contribution in [0.3, 0.4) is 0 Å². The molecule has 1 aromatic rings. The first-order valence-corrected chi connectivity index (χ1v) is 8.08. The zero-order valence-electron chi connectivity index (χ0n) is 13.6. The zero-order chi connectivity index (χ0) is 17.2. The van der Waals surface area contributed by atoms with Gasteiger partial charge in [-0.15, -0.1) is 0 Å². The number of carbonyl (C=O) groups is 3. The first-order chi connectivity index (χ1) is 11.5. The van der Waals surface area contributed by atoms with Gasteiger partial charge in [-0.1, -0.05) is 30.3 Å². The van der Waals surface area contributed by atoms with Crippen LogP contribution >= 0.6 is 0 Å². The van der Waals surface area contributed by atoms with Crippen molar-refractivity contribution in [3.63, 3.8) is 0 Å². The molecule has 2 N–H and O–H groups in total. The lowest BCUT2D eigenvalue weighted by molar-refractivity contribution is -0.134. The van der Waals surface area contributed by atoms with Crippen LogP contribution in [-0.4, -0.2) is 48.5 Å². The second-order valence-corrected chi connectivity index (χ2v) is 6.25. The number of nitrogens with one attached hydrogen (secondary N) is 2. The second kappa shape index (κ2) is 6.60. The number of amides is 4. The molecule has 0 aromatic heterocycles. The van der Waals surface area contributed by atoms with E-state index in [2.05, 4.69) is 10.6 Å². The van der Waals surface area contributed by atoms with Crippen LogP contribution in [0.15, 0.2) is 30.3 Å². The molecule has 0 saturated carbocycles. The Labute approximate surface area is 140 Å². The zero-order valence-corrected chi connectivity index (χ0v) is 13.6. The quantitative estimate of drug-likeness (QED) is 0.780. The summed E-state index contributed by atoms with van der Waals surface area (Å²) < 4.78 is 5.43. The summed E-state index contributed by atoms with van der Waals surface area (Å²) in [4.78, 5) is 37.8. The van der Waals surface area contributed by atoms with Gasteiger partial charge in [-0.3, -0.25) is 14.5 Å². The van der Waals surface area contributed by atoms with E-state index in [1.54, 1.807) is 31.2 Å². The van der Waals surface area contributed by atoms with Crippen LogP contribution in [0, 0.1) is 0 Å². The van der Waals surface area contributed by atoms with E-state index in [0.717, 1.165) is 17.7 Å². The van der Waals surface area contributed by atoms with E-state index in [-0.39, 0.29) is 18.6 Å². The van der Waals surface area contributed by atoms with Gasteiger partial charge in [-0.05, 0) is 25.3 Å². The lowest BCUT2D eigenvalue weighted by atomic mass is 9.92. The van der Waals surface area contributed by atoms with Crippen LogP contribution in [-0.2, 0) is 19.9 Å². The van der Waals surface area contributed by atoms with Crippen molar-refractivity contribution in [3.8, 4) is 0 Å². The maximum absolute atomic E-state index is 12.7. The Morgan fingerprint density at radius 2 is 2.12 bits per heavy atom. The van der Waals surface area contributed by atoms with Gasteiger partial charge in [0.1, 0.15) is 12.1 Å². The summed E-state index contributed by atoms with van der Waals surface area (Å²) in [6, 6.07) is 8.44. The molecule has 2 aliphatic rings. The first-order valence-electron chi connectivity index (χ1n) is 8.08. The lowest BCUT2D eigenvalue weighted by Gasteiger charge is -2.22. The molecule has 0 unspecified atom stereocenters. The highest BCUT2D eigenvalue weighted by Crippen LogP contribution is 2.28. The van der Waals surface area contributed by atoms with Gasteiger partial charge in [-0.2, -0.15) is 0 Å². The minimum atomic E-state index is -1.15. The van der Waals surface area contributed by atoms with Gasteiger partial charge in [0.05, 0.1) is 6.10 Å². The van der Waals surface area contributed by atoms with E-state index in [4.69, 9.17) is 4.74 Å². The average Bonchev–Trinajstić information content (AvgIpc) is 3.17. The predicted octanol–water partition coefficient (Wildman–Crippen LogP) is 0.749. The van der Waals surface area contributed by atoms with E-state index in [9.17, 15) is 14.4 Å². The molecule has 7 heteroatoms. The summed E-state index contributed by atoms with van der Waals surface area (Å²) in [5, 5.41) is 5.40. The van der Waals surface area contributed by atoms with Crippen molar-refractivity contribution < 1.29 is 19.1 Å². The van der Waals surface area contributed by atoms with Gasteiger partial charge in [0.2, 0.25) is 5.91 Å². The van der Waals surface area contributed by atoms with Crippen molar-refractivity contribution in [2.45, 2.75) is 31.4 Å². The normalized spacial score (nSPS) is 26.5. The number of benzene rings is 1. The molecular weight excluding hydrogens is 310 g/mol. The van der Waals surface area contributed by atoms with Crippen molar-refractivity contribution in [2.75, 3.05) is 19.7 Å².